The van der Waals surface area contributed by atoms with Gasteiger partial charge in [0.1, 0.15) is 0 Å². The fourth-order valence-electron chi connectivity index (χ4n) is 3.19. The minimum atomic E-state index is -0.206. The molecule has 4 rings (SSSR count). The zero-order valence-corrected chi connectivity index (χ0v) is 15.8. The molecule has 0 fully saturated rings. The van der Waals surface area contributed by atoms with Crippen LogP contribution in [0.3, 0.4) is 0 Å². The summed E-state index contributed by atoms with van der Waals surface area (Å²) in [7, 11) is 1.81. The number of nitrogens with zero attached hydrogens (tertiary/aromatic N) is 3. The zero-order chi connectivity index (χ0) is 20.2. The Labute approximate surface area is 166 Å². The maximum absolute atomic E-state index is 12.5. The Morgan fingerprint density at radius 2 is 1.90 bits per heavy atom. The summed E-state index contributed by atoms with van der Waals surface area (Å²) >= 11 is 0. The van der Waals surface area contributed by atoms with Crippen molar-refractivity contribution in [3.8, 4) is 16.8 Å². The lowest BCUT2D eigenvalue weighted by molar-refractivity contribution is -0.116. The summed E-state index contributed by atoms with van der Waals surface area (Å²) < 4.78 is 1.87. The van der Waals surface area contributed by atoms with Gasteiger partial charge in [0.15, 0.2) is 5.65 Å². The summed E-state index contributed by atoms with van der Waals surface area (Å²) in [6, 6.07) is 11.1. The summed E-state index contributed by atoms with van der Waals surface area (Å²) in [5, 5.41) is 6.32. The van der Waals surface area contributed by atoms with E-state index >= 15 is 0 Å². The fraction of sp³-hybridized carbons (Fsp3) is 0.143. The first-order valence-electron chi connectivity index (χ1n) is 9.21. The van der Waals surface area contributed by atoms with E-state index < -0.39 is 0 Å². The first-order valence-corrected chi connectivity index (χ1v) is 9.21. The average molecular weight is 388 g/mol. The van der Waals surface area contributed by atoms with E-state index in [-0.39, 0.29) is 11.5 Å². The highest BCUT2D eigenvalue weighted by Crippen LogP contribution is 2.30. The van der Waals surface area contributed by atoms with E-state index in [0.29, 0.717) is 29.7 Å². The molecule has 1 aromatic carbocycles. The number of anilines is 1. The molecule has 0 spiro atoms. The van der Waals surface area contributed by atoms with Gasteiger partial charge in [0.25, 0.3) is 5.56 Å². The number of aromatic amines is 1. The number of carbonyl (C=O) groups excluding carboxylic acids is 1. The number of hydrogen-bond acceptors (Lipinski definition) is 5. The molecular formula is C21H20N6O2. The highest BCUT2D eigenvalue weighted by atomic mass is 16.1. The summed E-state index contributed by atoms with van der Waals surface area (Å²) in [4.78, 5) is 35.5. The van der Waals surface area contributed by atoms with Crippen molar-refractivity contribution in [3.63, 3.8) is 0 Å². The number of nitrogens with one attached hydrogen (secondary N) is 3. The van der Waals surface area contributed by atoms with Crippen LogP contribution in [0, 0.1) is 0 Å². The van der Waals surface area contributed by atoms with Gasteiger partial charge in [0.2, 0.25) is 5.91 Å². The minimum Gasteiger partial charge on any atom is -0.326 e. The number of carbonyl (C=O) groups is 1. The zero-order valence-electron chi connectivity index (χ0n) is 15.8. The number of amides is 1. The maximum Gasteiger partial charge on any atom is 0.260 e. The first-order chi connectivity index (χ1) is 14.2. The van der Waals surface area contributed by atoms with Gasteiger partial charge in [-0.05, 0) is 36.9 Å². The third kappa shape index (κ3) is 3.78. The normalized spacial score (nSPS) is 10.9. The molecule has 0 saturated carbocycles. The number of H-pyrrole nitrogens is 1. The van der Waals surface area contributed by atoms with Crippen LogP contribution in [-0.4, -0.2) is 39.0 Å². The second-order valence-corrected chi connectivity index (χ2v) is 6.53. The lowest BCUT2D eigenvalue weighted by Crippen LogP contribution is -2.18. The second kappa shape index (κ2) is 8.07. The van der Waals surface area contributed by atoms with Crippen molar-refractivity contribution in [1.82, 2.24) is 24.8 Å². The van der Waals surface area contributed by atoms with Gasteiger partial charge in [-0.3, -0.25) is 14.6 Å². The summed E-state index contributed by atoms with van der Waals surface area (Å²) in [6.45, 7) is 0.619. The SMILES string of the molecule is CNCCC(=O)Nc1ccc(-c2cn(-c3ccncc3)c3nc[nH]c(=O)c23)cc1. The molecule has 0 atom stereocenters. The molecule has 1 amide bonds. The highest BCUT2D eigenvalue weighted by Gasteiger charge is 2.16. The predicted molar refractivity (Wildman–Crippen MR) is 112 cm³/mol. The molecule has 0 aliphatic rings. The van der Waals surface area contributed by atoms with Crippen LogP contribution in [0.1, 0.15) is 6.42 Å². The van der Waals surface area contributed by atoms with E-state index in [1.165, 1.54) is 6.33 Å². The fourth-order valence-corrected chi connectivity index (χ4v) is 3.19. The molecule has 4 aromatic rings. The number of benzene rings is 1. The molecule has 8 nitrogen and oxygen atoms in total. The molecule has 3 aromatic heterocycles. The van der Waals surface area contributed by atoms with Crippen LogP contribution in [0.2, 0.25) is 0 Å². The molecule has 3 heterocycles. The van der Waals surface area contributed by atoms with Gasteiger partial charge >= 0.3 is 0 Å². The summed E-state index contributed by atoms with van der Waals surface area (Å²) in [6.07, 6.45) is 7.08. The molecule has 29 heavy (non-hydrogen) atoms. The summed E-state index contributed by atoms with van der Waals surface area (Å²) in [5.41, 5.74) is 3.55. The lowest BCUT2D eigenvalue weighted by Gasteiger charge is -2.06. The largest absolute Gasteiger partial charge is 0.326 e. The van der Waals surface area contributed by atoms with Gasteiger partial charge in [-0.15, -0.1) is 0 Å². The molecule has 0 aliphatic heterocycles. The molecule has 0 saturated heterocycles. The maximum atomic E-state index is 12.5. The molecule has 0 radical (unpaired) electrons. The average Bonchev–Trinajstić information content (AvgIpc) is 3.14. The number of fused-ring (bicyclic) bond motifs is 1. The second-order valence-electron chi connectivity index (χ2n) is 6.53. The molecule has 3 N–H and O–H groups in total. The van der Waals surface area contributed by atoms with E-state index in [4.69, 9.17) is 0 Å². The van der Waals surface area contributed by atoms with Crippen molar-refractivity contribution in [1.29, 1.82) is 0 Å². The van der Waals surface area contributed by atoms with Crippen LogP contribution < -0.4 is 16.2 Å². The van der Waals surface area contributed by atoms with Crippen molar-refractivity contribution >= 4 is 22.6 Å². The first kappa shape index (κ1) is 18.6. The Bertz CT molecular complexity index is 1200. The van der Waals surface area contributed by atoms with Crippen molar-refractivity contribution in [3.05, 3.63) is 71.7 Å². The Morgan fingerprint density at radius 1 is 1.14 bits per heavy atom. The quantitative estimate of drug-likeness (QED) is 0.470. The standard InChI is InChI=1S/C21H20N6O2/c1-22-9-8-18(28)26-15-4-2-14(3-5-15)17-12-27(16-6-10-23-11-7-16)20-19(17)21(29)25-13-24-20/h2-7,10-13,22H,8-9H2,1H3,(H,26,28)(H,24,25,29). The Morgan fingerprint density at radius 3 is 2.62 bits per heavy atom. The molecule has 8 heteroatoms. The van der Waals surface area contributed by atoms with Crippen LogP contribution in [0.15, 0.2) is 66.1 Å². The number of pyridine rings is 1. The van der Waals surface area contributed by atoms with Gasteiger partial charge in [-0.25, -0.2) is 4.98 Å². The van der Waals surface area contributed by atoms with Crippen LogP contribution in [0.5, 0.6) is 0 Å². The smallest absolute Gasteiger partial charge is 0.260 e. The Kier molecular flexibility index (Phi) is 5.17. The Balaban J connectivity index is 1.73. The lowest BCUT2D eigenvalue weighted by atomic mass is 10.1. The van der Waals surface area contributed by atoms with Gasteiger partial charge < -0.3 is 20.2 Å². The monoisotopic (exact) mass is 388 g/mol. The molecule has 0 aliphatic carbocycles. The molecule has 146 valence electrons. The van der Waals surface area contributed by atoms with Gasteiger partial charge in [0.05, 0.1) is 17.4 Å². The molecular weight excluding hydrogens is 368 g/mol. The highest BCUT2D eigenvalue weighted by molar-refractivity contribution is 5.95. The Hall–Kier alpha value is -3.78. The topological polar surface area (TPSA) is 105 Å². The predicted octanol–water partition coefficient (Wildman–Crippen LogP) is 2.32. The van der Waals surface area contributed by atoms with Crippen molar-refractivity contribution in [2.24, 2.45) is 0 Å². The minimum absolute atomic E-state index is 0.0537. The van der Waals surface area contributed by atoms with Crippen molar-refractivity contribution < 1.29 is 4.79 Å². The van der Waals surface area contributed by atoms with Crippen LogP contribution in [0.4, 0.5) is 5.69 Å². The van der Waals surface area contributed by atoms with Crippen LogP contribution in [0.25, 0.3) is 27.8 Å². The molecule has 0 unspecified atom stereocenters. The summed E-state index contributed by atoms with van der Waals surface area (Å²) in [5.74, 6) is -0.0537. The van der Waals surface area contributed by atoms with E-state index in [2.05, 4.69) is 25.6 Å². The van der Waals surface area contributed by atoms with Crippen molar-refractivity contribution in [2.75, 3.05) is 18.9 Å². The van der Waals surface area contributed by atoms with E-state index in [1.54, 1.807) is 19.4 Å². The van der Waals surface area contributed by atoms with E-state index in [9.17, 15) is 9.59 Å². The molecule has 0 bridgehead atoms. The van der Waals surface area contributed by atoms with E-state index in [1.807, 2.05) is 47.2 Å². The third-order valence-electron chi connectivity index (χ3n) is 4.61. The van der Waals surface area contributed by atoms with Gasteiger partial charge in [-0.2, -0.15) is 0 Å². The van der Waals surface area contributed by atoms with Crippen molar-refractivity contribution in [2.45, 2.75) is 6.42 Å². The van der Waals surface area contributed by atoms with Gasteiger partial charge in [0, 0.05) is 42.8 Å². The van der Waals surface area contributed by atoms with Crippen LogP contribution in [-0.2, 0) is 4.79 Å². The van der Waals surface area contributed by atoms with E-state index in [0.717, 1.165) is 16.8 Å². The van der Waals surface area contributed by atoms with Gasteiger partial charge in [-0.1, -0.05) is 12.1 Å². The number of aromatic nitrogens is 4. The third-order valence-corrected chi connectivity index (χ3v) is 4.61. The number of hydrogen-bond donors (Lipinski definition) is 3. The van der Waals surface area contributed by atoms with Crippen LogP contribution >= 0.6 is 0 Å². The number of rotatable bonds is 6.